The van der Waals surface area contributed by atoms with Gasteiger partial charge in [0.05, 0.1) is 13.2 Å². The minimum Gasteiger partial charge on any atom is -0.465 e. The Hall–Kier alpha value is -2.10. The minimum atomic E-state index is -0.934. The minimum absolute atomic E-state index is 0.239. The van der Waals surface area contributed by atoms with Gasteiger partial charge in [-0.05, 0) is 32.8 Å². The number of hydrogen-bond donors (Lipinski definition) is 0. The maximum Gasteiger partial charge on any atom is 0.320 e. The Labute approximate surface area is 132 Å². The van der Waals surface area contributed by atoms with Crippen LogP contribution in [0.4, 0.5) is 0 Å². The summed E-state index contributed by atoms with van der Waals surface area (Å²) in [6.07, 6.45) is 4.29. The highest BCUT2D eigenvalue weighted by Gasteiger charge is 2.36. The van der Waals surface area contributed by atoms with Gasteiger partial charge in [-0.2, -0.15) is 0 Å². The van der Waals surface area contributed by atoms with Crippen LogP contribution in [-0.4, -0.2) is 25.2 Å². The molecule has 0 saturated carbocycles. The molecule has 0 heterocycles. The van der Waals surface area contributed by atoms with Crippen LogP contribution < -0.4 is 0 Å². The molecule has 120 valence electrons. The van der Waals surface area contributed by atoms with E-state index in [1.54, 1.807) is 13.8 Å². The molecule has 1 unspecified atom stereocenters. The fraction of sp³-hybridized carbons (Fsp3) is 0.444. The largest absolute Gasteiger partial charge is 0.465 e. The van der Waals surface area contributed by atoms with Crippen molar-refractivity contribution in [2.75, 3.05) is 13.2 Å². The predicted octanol–water partition coefficient (Wildman–Crippen LogP) is 3.16. The lowest BCUT2D eigenvalue weighted by Gasteiger charge is -2.21. The fourth-order valence-electron chi connectivity index (χ4n) is 2.34. The van der Waals surface area contributed by atoms with E-state index in [0.29, 0.717) is 6.42 Å². The molecule has 0 aliphatic heterocycles. The van der Waals surface area contributed by atoms with Crippen molar-refractivity contribution in [1.82, 2.24) is 0 Å². The van der Waals surface area contributed by atoms with Crippen LogP contribution in [0.1, 0.15) is 26.3 Å². The first-order valence-corrected chi connectivity index (χ1v) is 7.64. The summed E-state index contributed by atoms with van der Waals surface area (Å²) < 4.78 is 10.1. The molecule has 22 heavy (non-hydrogen) atoms. The zero-order valence-corrected chi connectivity index (χ0v) is 13.5. The van der Waals surface area contributed by atoms with E-state index in [2.05, 4.69) is 0 Å². The fourth-order valence-corrected chi connectivity index (χ4v) is 2.34. The van der Waals surface area contributed by atoms with Gasteiger partial charge in [0.25, 0.3) is 0 Å². The molecule has 1 rings (SSSR count). The average Bonchev–Trinajstić information content (AvgIpc) is 2.49. The first kappa shape index (κ1) is 18.0. The number of rotatable bonds is 8. The quantitative estimate of drug-likeness (QED) is 0.420. The summed E-state index contributed by atoms with van der Waals surface area (Å²) in [5.41, 5.74) is 1.06. The lowest BCUT2D eigenvalue weighted by Crippen LogP contribution is -2.34. The molecule has 0 fully saturated rings. The second kappa shape index (κ2) is 9.77. The molecule has 0 aromatic heterocycles. The van der Waals surface area contributed by atoms with Crippen LogP contribution in [0.3, 0.4) is 0 Å². The van der Waals surface area contributed by atoms with E-state index in [-0.39, 0.29) is 19.1 Å². The molecule has 0 amide bonds. The lowest BCUT2D eigenvalue weighted by molar-refractivity contribution is -0.163. The molecule has 1 aromatic rings. The van der Waals surface area contributed by atoms with E-state index in [4.69, 9.17) is 9.47 Å². The van der Waals surface area contributed by atoms with Crippen molar-refractivity contribution in [1.29, 1.82) is 0 Å². The number of hydrogen-bond acceptors (Lipinski definition) is 4. The number of allylic oxidation sites excluding steroid dienone is 2. The van der Waals surface area contributed by atoms with Crippen LogP contribution in [-0.2, 0) is 25.5 Å². The molecule has 4 nitrogen and oxygen atoms in total. The van der Waals surface area contributed by atoms with E-state index >= 15 is 0 Å². The third-order valence-electron chi connectivity index (χ3n) is 3.26. The summed E-state index contributed by atoms with van der Waals surface area (Å²) in [5, 5.41) is 0. The molecule has 0 spiro atoms. The SMILES string of the molecule is C/C=C/C(Cc1ccccc1)C(C(=O)OCC)C(=O)OCC. The molecule has 0 radical (unpaired) electrons. The Balaban J connectivity index is 3.02. The second-order valence-corrected chi connectivity index (χ2v) is 4.86. The van der Waals surface area contributed by atoms with Gasteiger partial charge >= 0.3 is 11.9 Å². The second-order valence-electron chi connectivity index (χ2n) is 4.86. The summed E-state index contributed by atoms with van der Waals surface area (Å²) in [6, 6.07) is 9.76. The van der Waals surface area contributed by atoms with Gasteiger partial charge in [-0.15, -0.1) is 0 Å². The summed E-state index contributed by atoms with van der Waals surface area (Å²) in [5.74, 6) is -2.28. The molecular weight excluding hydrogens is 280 g/mol. The number of carbonyl (C=O) groups is 2. The molecule has 1 atom stereocenters. The maximum absolute atomic E-state index is 12.2. The van der Waals surface area contributed by atoms with Crippen LogP contribution >= 0.6 is 0 Å². The van der Waals surface area contributed by atoms with Crippen LogP contribution in [0.15, 0.2) is 42.5 Å². The van der Waals surface area contributed by atoms with Crippen molar-refractivity contribution in [3.05, 3.63) is 48.0 Å². The molecular formula is C18H24O4. The number of benzene rings is 1. The highest BCUT2D eigenvalue weighted by atomic mass is 16.6. The van der Waals surface area contributed by atoms with Gasteiger partial charge in [0.15, 0.2) is 5.92 Å². The molecule has 1 aromatic carbocycles. The number of carbonyl (C=O) groups excluding carboxylic acids is 2. The van der Waals surface area contributed by atoms with Crippen LogP contribution in [0, 0.1) is 11.8 Å². The van der Waals surface area contributed by atoms with Crippen LogP contribution in [0.2, 0.25) is 0 Å². The first-order valence-electron chi connectivity index (χ1n) is 7.64. The highest BCUT2D eigenvalue weighted by molar-refractivity contribution is 5.95. The van der Waals surface area contributed by atoms with Crippen molar-refractivity contribution < 1.29 is 19.1 Å². The van der Waals surface area contributed by atoms with E-state index in [1.807, 2.05) is 49.4 Å². The van der Waals surface area contributed by atoms with Gasteiger partial charge in [0.1, 0.15) is 0 Å². The van der Waals surface area contributed by atoms with E-state index in [9.17, 15) is 9.59 Å². The van der Waals surface area contributed by atoms with Crippen molar-refractivity contribution in [2.45, 2.75) is 27.2 Å². The highest BCUT2D eigenvalue weighted by Crippen LogP contribution is 2.23. The van der Waals surface area contributed by atoms with E-state index < -0.39 is 17.9 Å². The average molecular weight is 304 g/mol. The van der Waals surface area contributed by atoms with Crippen molar-refractivity contribution in [3.63, 3.8) is 0 Å². The van der Waals surface area contributed by atoms with Crippen molar-refractivity contribution >= 4 is 11.9 Å². The third kappa shape index (κ3) is 5.35. The predicted molar refractivity (Wildman–Crippen MR) is 85.2 cm³/mol. The van der Waals surface area contributed by atoms with Gasteiger partial charge in [0, 0.05) is 5.92 Å². The normalized spacial score (nSPS) is 12.4. The van der Waals surface area contributed by atoms with Gasteiger partial charge < -0.3 is 9.47 Å². The Kier molecular flexibility index (Phi) is 7.97. The topological polar surface area (TPSA) is 52.6 Å². The smallest absolute Gasteiger partial charge is 0.320 e. The van der Waals surface area contributed by atoms with Crippen molar-refractivity contribution in [3.8, 4) is 0 Å². The first-order chi connectivity index (χ1) is 10.6. The van der Waals surface area contributed by atoms with E-state index in [0.717, 1.165) is 5.56 Å². The standard InChI is InChI=1S/C18H24O4/c1-4-10-15(13-14-11-8-7-9-12-14)16(17(19)21-5-2)18(20)22-6-3/h4,7-12,15-16H,5-6,13H2,1-3H3/b10-4+. The molecule has 0 aliphatic carbocycles. The van der Waals surface area contributed by atoms with E-state index in [1.165, 1.54) is 0 Å². The molecule has 0 N–H and O–H groups in total. The van der Waals surface area contributed by atoms with Gasteiger partial charge in [-0.3, -0.25) is 9.59 Å². The summed E-state index contributed by atoms with van der Waals surface area (Å²) >= 11 is 0. The zero-order valence-electron chi connectivity index (χ0n) is 13.5. The van der Waals surface area contributed by atoms with Crippen LogP contribution in [0.25, 0.3) is 0 Å². The molecule has 0 aliphatic rings. The summed E-state index contributed by atoms with van der Waals surface area (Å²) in [6.45, 7) is 5.79. The molecule has 0 bridgehead atoms. The molecule has 4 heteroatoms. The summed E-state index contributed by atoms with van der Waals surface area (Å²) in [7, 11) is 0. The van der Waals surface area contributed by atoms with Gasteiger partial charge in [-0.25, -0.2) is 0 Å². The monoisotopic (exact) mass is 304 g/mol. The number of ether oxygens (including phenoxy) is 2. The Morgan fingerprint density at radius 3 is 2.05 bits per heavy atom. The van der Waals surface area contributed by atoms with Crippen LogP contribution in [0.5, 0.6) is 0 Å². The summed E-state index contributed by atoms with van der Waals surface area (Å²) in [4.78, 5) is 24.4. The third-order valence-corrected chi connectivity index (χ3v) is 3.26. The maximum atomic E-state index is 12.2. The van der Waals surface area contributed by atoms with Gasteiger partial charge in [0.2, 0.25) is 0 Å². The van der Waals surface area contributed by atoms with Crippen molar-refractivity contribution in [2.24, 2.45) is 11.8 Å². The lowest BCUT2D eigenvalue weighted by atomic mass is 9.86. The van der Waals surface area contributed by atoms with Gasteiger partial charge in [-0.1, -0.05) is 42.5 Å². The Morgan fingerprint density at radius 1 is 1.05 bits per heavy atom. The Morgan fingerprint density at radius 2 is 1.59 bits per heavy atom. The number of esters is 2. The Bertz CT molecular complexity index is 475. The molecule has 0 saturated heterocycles. The zero-order chi connectivity index (χ0) is 16.4.